The molecule has 0 aliphatic carbocycles. The summed E-state index contributed by atoms with van der Waals surface area (Å²) in [5.41, 5.74) is -3.40. The highest BCUT2D eigenvalue weighted by Crippen LogP contribution is 2.38. The Balaban J connectivity index is 2.83. The van der Waals surface area contributed by atoms with Crippen LogP contribution in [0.3, 0.4) is 0 Å². The quantitative estimate of drug-likeness (QED) is 0.233. The fourth-order valence-corrected chi connectivity index (χ4v) is 2.34. The zero-order valence-electron chi connectivity index (χ0n) is 10.1. The predicted octanol–water partition coefficient (Wildman–Crippen LogP) is 5.67. The van der Waals surface area contributed by atoms with Gasteiger partial charge in [0.25, 0.3) is 0 Å². The summed E-state index contributed by atoms with van der Waals surface area (Å²) in [5.74, 6) is -11.2. The van der Waals surface area contributed by atoms with E-state index < -0.39 is 52.0 Å². The van der Waals surface area contributed by atoms with Gasteiger partial charge in [-0.2, -0.15) is 13.2 Å². The van der Waals surface area contributed by atoms with Gasteiger partial charge in [0, 0.05) is 9.13 Å². The first-order valence-electron chi connectivity index (χ1n) is 5.44. The molecule has 0 aliphatic rings. The SMILES string of the molecule is Fc1c(F)c(F)c(-c2cc(C(F)(F)F)ccc2I)c(F)c1F. The maximum Gasteiger partial charge on any atom is 0.416 e. The van der Waals surface area contributed by atoms with Crippen LogP contribution in [0.2, 0.25) is 0 Å². The molecule has 0 heterocycles. The van der Waals surface area contributed by atoms with Crippen LogP contribution in [0.25, 0.3) is 11.1 Å². The van der Waals surface area contributed by atoms with Crippen LogP contribution in [0.15, 0.2) is 18.2 Å². The number of halogens is 9. The van der Waals surface area contributed by atoms with Crippen molar-refractivity contribution in [1.82, 2.24) is 0 Å². The van der Waals surface area contributed by atoms with Crippen molar-refractivity contribution in [2.24, 2.45) is 0 Å². The first-order chi connectivity index (χ1) is 10.1. The van der Waals surface area contributed by atoms with Gasteiger partial charge in [-0.25, -0.2) is 22.0 Å². The molecule has 2 aromatic rings. The molecule has 0 N–H and O–H groups in total. The summed E-state index contributed by atoms with van der Waals surface area (Å²) < 4.78 is 105. The van der Waals surface area contributed by atoms with Crippen LogP contribution in [0, 0.1) is 32.7 Å². The molecule has 0 aliphatic heterocycles. The monoisotopic (exact) mass is 438 g/mol. The van der Waals surface area contributed by atoms with Gasteiger partial charge in [-0.1, -0.05) is 0 Å². The van der Waals surface area contributed by atoms with Crippen molar-refractivity contribution < 1.29 is 35.1 Å². The molecule has 2 aromatic carbocycles. The van der Waals surface area contributed by atoms with Crippen LogP contribution in [0.5, 0.6) is 0 Å². The van der Waals surface area contributed by atoms with Crippen LogP contribution < -0.4 is 0 Å². The lowest BCUT2D eigenvalue weighted by molar-refractivity contribution is -0.137. The maximum absolute atomic E-state index is 13.7. The lowest BCUT2D eigenvalue weighted by Crippen LogP contribution is -2.08. The predicted molar refractivity (Wildman–Crippen MR) is 69.4 cm³/mol. The summed E-state index contributed by atoms with van der Waals surface area (Å²) in [6, 6.07) is 1.84. The van der Waals surface area contributed by atoms with Gasteiger partial charge in [0.1, 0.15) is 0 Å². The molecule has 0 atom stereocenters. The summed E-state index contributed by atoms with van der Waals surface area (Å²) in [5, 5.41) is 0. The van der Waals surface area contributed by atoms with Gasteiger partial charge in [0.2, 0.25) is 5.82 Å². The van der Waals surface area contributed by atoms with E-state index in [1.807, 2.05) is 0 Å². The van der Waals surface area contributed by atoms with E-state index in [4.69, 9.17) is 0 Å². The fraction of sp³-hybridized carbons (Fsp3) is 0.0769. The molecule has 0 aromatic heterocycles. The van der Waals surface area contributed by atoms with E-state index in [9.17, 15) is 35.1 Å². The Labute approximate surface area is 131 Å². The van der Waals surface area contributed by atoms with Crippen molar-refractivity contribution in [3.63, 3.8) is 0 Å². The minimum Gasteiger partial charge on any atom is -0.203 e. The van der Waals surface area contributed by atoms with Crippen molar-refractivity contribution >= 4 is 22.6 Å². The number of hydrogen-bond acceptors (Lipinski definition) is 0. The van der Waals surface area contributed by atoms with Crippen LogP contribution in [0.4, 0.5) is 35.1 Å². The Bertz CT molecular complexity index is 722. The second-order valence-electron chi connectivity index (χ2n) is 4.14. The minimum atomic E-state index is -4.83. The third-order valence-corrected chi connectivity index (χ3v) is 3.71. The molecule has 0 saturated heterocycles. The van der Waals surface area contributed by atoms with Crippen molar-refractivity contribution in [1.29, 1.82) is 0 Å². The Morgan fingerprint density at radius 3 is 1.64 bits per heavy atom. The minimum absolute atomic E-state index is 0.103. The summed E-state index contributed by atoms with van der Waals surface area (Å²) in [6.07, 6.45) is -4.83. The van der Waals surface area contributed by atoms with E-state index in [1.165, 1.54) is 22.6 Å². The fourth-order valence-electron chi connectivity index (χ4n) is 1.73. The van der Waals surface area contributed by atoms with Gasteiger partial charge in [-0.05, 0) is 40.8 Å². The molecule has 0 bridgehead atoms. The second kappa shape index (κ2) is 5.67. The molecule has 0 spiro atoms. The van der Waals surface area contributed by atoms with E-state index in [2.05, 4.69) is 0 Å². The van der Waals surface area contributed by atoms with Gasteiger partial charge in [-0.15, -0.1) is 0 Å². The standard InChI is InChI=1S/C13H3F8I/c14-8-7(9(15)11(17)12(18)10(8)16)5-3-4(13(19,20)21)1-2-6(5)22/h1-3H. The average molecular weight is 438 g/mol. The summed E-state index contributed by atoms with van der Waals surface area (Å²) >= 11 is 1.43. The van der Waals surface area contributed by atoms with Gasteiger partial charge in [-0.3, -0.25) is 0 Å². The Morgan fingerprint density at radius 1 is 0.727 bits per heavy atom. The molecule has 0 amide bonds. The van der Waals surface area contributed by atoms with E-state index in [0.29, 0.717) is 12.1 Å². The number of hydrogen-bond donors (Lipinski definition) is 0. The first-order valence-corrected chi connectivity index (χ1v) is 6.52. The Hall–Kier alpha value is -1.39. The maximum atomic E-state index is 13.7. The Morgan fingerprint density at radius 2 is 1.18 bits per heavy atom. The molecule has 0 nitrogen and oxygen atoms in total. The molecule has 118 valence electrons. The van der Waals surface area contributed by atoms with Crippen molar-refractivity contribution in [3.05, 3.63) is 56.4 Å². The van der Waals surface area contributed by atoms with Crippen molar-refractivity contribution in [2.75, 3.05) is 0 Å². The molecular formula is C13H3F8I. The highest BCUT2D eigenvalue weighted by Gasteiger charge is 2.33. The molecule has 0 radical (unpaired) electrons. The number of alkyl halides is 3. The summed E-state index contributed by atoms with van der Waals surface area (Å²) in [4.78, 5) is 0. The van der Waals surface area contributed by atoms with E-state index in [1.54, 1.807) is 0 Å². The van der Waals surface area contributed by atoms with Crippen LogP contribution in [-0.4, -0.2) is 0 Å². The zero-order chi connectivity index (χ0) is 16.8. The van der Waals surface area contributed by atoms with Gasteiger partial charge >= 0.3 is 6.18 Å². The summed E-state index contributed by atoms with van der Waals surface area (Å²) in [6.45, 7) is 0. The second-order valence-corrected chi connectivity index (χ2v) is 5.30. The smallest absolute Gasteiger partial charge is 0.203 e. The number of rotatable bonds is 1. The van der Waals surface area contributed by atoms with Gasteiger partial charge in [0.15, 0.2) is 23.3 Å². The summed E-state index contributed by atoms with van der Waals surface area (Å²) in [7, 11) is 0. The average Bonchev–Trinajstić information content (AvgIpc) is 2.44. The van der Waals surface area contributed by atoms with Gasteiger partial charge in [0.05, 0.1) is 11.1 Å². The van der Waals surface area contributed by atoms with Gasteiger partial charge < -0.3 is 0 Å². The third kappa shape index (κ3) is 2.77. The third-order valence-electron chi connectivity index (χ3n) is 2.77. The van der Waals surface area contributed by atoms with E-state index in [-0.39, 0.29) is 3.57 Å². The lowest BCUT2D eigenvalue weighted by Gasteiger charge is -2.13. The number of benzene rings is 2. The molecule has 9 heteroatoms. The molecule has 0 unspecified atom stereocenters. The van der Waals surface area contributed by atoms with Crippen LogP contribution >= 0.6 is 22.6 Å². The first kappa shape index (κ1) is 17.0. The highest BCUT2D eigenvalue weighted by molar-refractivity contribution is 14.1. The molecule has 0 fully saturated rings. The normalized spacial score (nSPS) is 11.9. The zero-order valence-corrected chi connectivity index (χ0v) is 12.3. The van der Waals surface area contributed by atoms with Crippen LogP contribution in [-0.2, 0) is 6.18 Å². The topological polar surface area (TPSA) is 0 Å². The highest BCUT2D eigenvalue weighted by atomic mass is 127. The van der Waals surface area contributed by atoms with Crippen LogP contribution in [0.1, 0.15) is 5.56 Å². The molecular weight excluding hydrogens is 435 g/mol. The molecule has 2 rings (SSSR count). The van der Waals surface area contributed by atoms with Crippen molar-refractivity contribution in [3.8, 4) is 11.1 Å². The largest absolute Gasteiger partial charge is 0.416 e. The Kier molecular flexibility index (Phi) is 4.37. The van der Waals surface area contributed by atoms with E-state index >= 15 is 0 Å². The van der Waals surface area contributed by atoms with Crippen molar-refractivity contribution in [2.45, 2.75) is 6.18 Å². The molecule has 22 heavy (non-hydrogen) atoms. The van der Waals surface area contributed by atoms with E-state index in [0.717, 1.165) is 6.07 Å². The lowest BCUT2D eigenvalue weighted by atomic mass is 10.0. The molecule has 0 saturated carbocycles.